The monoisotopic (exact) mass is 290 g/mol. The third kappa shape index (κ3) is 4.06. The first kappa shape index (κ1) is 15.5. The molecule has 1 amide bonds. The molecule has 21 heavy (non-hydrogen) atoms. The van der Waals surface area contributed by atoms with Gasteiger partial charge >= 0.3 is 0 Å². The maximum Gasteiger partial charge on any atom is 0.229 e. The van der Waals surface area contributed by atoms with Crippen LogP contribution in [0.15, 0.2) is 36.9 Å². The summed E-state index contributed by atoms with van der Waals surface area (Å²) < 4.78 is 10.7. The number of ether oxygens (including phenoxy) is 2. The molecule has 1 aliphatic heterocycles. The highest BCUT2D eigenvalue weighted by atomic mass is 16.5. The van der Waals surface area contributed by atoms with E-state index in [0.29, 0.717) is 26.4 Å². The maximum absolute atomic E-state index is 12.3. The lowest BCUT2D eigenvalue weighted by molar-refractivity contribution is -0.135. The molecule has 0 radical (unpaired) electrons. The standard InChI is InChI=1S/C16H22N2O3/c1-3-8-21-13-6-4-12(5-7-13)9-18(2)16(19)14-10-20-11-15(14)17/h3-7,14-15H,1,8-11,17H2,2H3. The second kappa shape index (κ2) is 7.24. The van der Waals surface area contributed by atoms with Crippen molar-refractivity contribution in [3.05, 3.63) is 42.5 Å². The maximum atomic E-state index is 12.3. The summed E-state index contributed by atoms with van der Waals surface area (Å²) in [5.74, 6) is 0.594. The number of rotatable bonds is 6. The zero-order valence-corrected chi connectivity index (χ0v) is 12.3. The molecule has 5 nitrogen and oxygen atoms in total. The Morgan fingerprint density at radius 2 is 2.19 bits per heavy atom. The third-order valence-corrected chi connectivity index (χ3v) is 3.53. The molecule has 0 aromatic heterocycles. The van der Waals surface area contributed by atoms with Gasteiger partial charge in [-0.15, -0.1) is 0 Å². The predicted molar refractivity (Wildman–Crippen MR) is 80.9 cm³/mol. The molecule has 1 heterocycles. The Kier molecular flexibility index (Phi) is 5.36. The fraction of sp³-hybridized carbons (Fsp3) is 0.438. The quantitative estimate of drug-likeness (QED) is 0.799. The van der Waals surface area contributed by atoms with Crippen molar-refractivity contribution in [2.45, 2.75) is 12.6 Å². The zero-order valence-electron chi connectivity index (χ0n) is 12.3. The number of hydrogen-bond donors (Lipinski definition) is 1. The lowest BCUT2D eigenvalue weighted by Crippen LogP contribution is -2.41. The van der Waals surface area contributed by atoms with Crippen LogP contribution < -0.4 is 10.5 Å². The number of hydrogen-bond acceptors (Lipinski definition) is 4. The minimum Gasteiger partial charge on any atom is -0.490 e. The minimum absolute atomic E-state index is 0.0342. The molecule has 114 valence electrons. The van der Waals surface area contributed by atoms with E-state index >= 15 is 0 Å². The van der Waals surface area contributed by atoms with Crippen LogP contribution in [0.25, 0.3) is 0 Å². The number of benzene rings is 1. The number of carbonyl (C=O) groups excluding carboxylic acids is 1. The fourth-order valence-electron chi connectivity index (χ4n) is 2.31. The number of carbonyl (C=O) groups is 1. The summed E-state index contributed by atoms with van der Waals surface area (Å²) in [6, 6.07) is 7.48. The van der Waals surface area contributed by atoms with E-state index in [-0.39, 0.29) is 17.9 Å². The first-order chi connectivity index (χ1) is 10.1. The first-order valence-electron chi connectivity index (χ1n) is 7.02. The molecule has 1 fully saturated rings. The molecule has 0 aliphatic carbocycles. The first-order valence-corrected chi connectivity index (χ1v) is 7.02. The summed E-state index contributed by atoms with van der Waals surface area (Å²) in [4.78, 5) is 14.0. The van der Waals surface area contributed by atoms with Crippen LogP contribution in [-0.2, 0) is 16.1 Å². The Morgan fingerprint density at radius 1 is 1.48 bits per heavy atom. The van der Waals surface area contributed by atoms with Gasteiger partial charge in [0.1, 0.15) is 12.4 Å². The van der Waals surface area contributed by atoms with Gasteiger partial charge in [0.05, 0.1) is 19.1 Å². The lowest BCUT2D eigenvalue weighted by atomic mass is 10.0. The normalized spacial score (nSPS) is 21.0. The Hall–Kier alpha value is -1.85. The Morgan fingerprint density at radius 3 is 2.76 bits per heavy atom. The summed E-state index contributed by atoms with van der Waals surface area (Å²) >= 11 is 0. The molecule has 0 bridgehead atoms. The van der Waals surface area contributed by atoms with Crippen molar-refractivity contribution < 1.29 is 14.3 Å². The van der Waals surface area contributed by atoms with Crippen LogP contribution in [0.2, 0.25) is 0 Å². The SMILES string of the molecule is C=CCOc1ccc(CN(C)C(=O)C2COCC2N)cc1. The van der Waals surface area contributed by atoms with Gasteiger partial charge in [0.15, 0.2) is 0 Å². The second-order valence-corrected chi connectivity index (χ2v) is 5.25. The van der Waals surface area contributed by atoms with E-state index in [9.17, 15) is 4.79 Å². The van der Waals surface area contributed by atoms with Gasteiger partial charge in [-0.1, -0.05) is 24.8 Å². The molecule has 1 aromatic carbocycles. The van der Waals surface area contributed by atoms with Crippen LogP contribution in [0.4, 0.5) is 0 Å². The number of nitrogens with two attached hydrogens (primary N) is 1. The van der Waals surface area contributed by atoms with Crippen LogP contribution in [0.5, 0.6) is 5.75 Å². The van der Waals surface area contributed by atoms with Crippen molar-refractivity contribution in [3.63, 3.8) is 0 Å². The van der Waals surface area contributed by atoms with Crippen LogP contribution in [-0.4, -0.2) is 43.7 Å². The van der Waals surface area contributed by atoms with Crippen LogP contribution in [0.1, 0.15) is 5.56 Å². The molecule has 2 N–H and O–H groups in total. The topological polar surface area (TPSA) is 64.8 Å². The van der Waals surface area contributed by atoms with E-state index < -0.39 is 0 Å². The van der Waals surface area contributed by atoms with Gasteiger partial charge < -0.3 is 20.1 Å². The Labute approximate surface area is 125 Å². The third-order valence-electron chi connectivity index (χ3n) is 3.53. The summed E-state index contributed by atoms with van der Waals surface area (Å²) in [5, 5.41) is 0. The van der Waals surface area contributed by atoms with Crippen molar-refractivity contribution in [2.24, 2.45) is 11.7 Å². The summed E-state index contributed by atoms with van der Waals surface area (Å²) in [5.41, 5.74) is 6.93. The zero-order chi connectivity index (χ0) is 15.2. The van der Waals surface area contributed by atoms with E-state index in [0.717, 1.165) is 11.3 Å². The van der Waals surface area contributed by atoms with Gasteiger partial charge in [-0.05, 0) is 17.7 Å². The molecule has 1 aliphatic rings. The summed E-state index contributed by atoms with van der Waals surface area (Å²) in [6.45, 7) is 5.51. The number of nitrogens with zero attached hydrogens (tertiary/aromatic N) is 1. The smallest absolute Gasteiger partial charge is 0.229 e. The molecule has 0 spiro atoms. The van der Waals surface area contributed by atoms with Gasteiger partial charge in [-0.25, -0.2) is 0 Å². The van der Waals surface area contributed by atoms with Crippen LogP contribution in [0.3, 0.4) is 0 Å². The van der Waals surface area contributed by atoms with Crippen molar-refractivity contribution in [3.8, 4) is 5.75 Å². The average molecular weight is 290 g/mol. The molecular formula is C16H22N2O3. The molecule has 1 saturated heterocycles. The molecule has 2 unspecified atom stereocenters. The molecule has 5 heteroatoms. The molecule has 2 rings (SSSR count). The highest BCUT2D eigenvalue weighted by molar-refractivity contribution is 5.79. The Balaban J connectivity index is 1.91. The van der Waals surface area contributed by atoms with E-state index in [4.69, 9.17) is 15.2 Å². The van der Waals surface area contributed by atoms with Crippen molar-refractivity contribution in [1.82, 2.24) is 4.90 Å². The summed E-state index contributed by atoms with van der Waals surface area (Å²) in [6.07, 6.45) is 1.70. The highest BCUT2D eigenvalue weighted by Crippen LogP contribution is 2.17. The fourth-order valence-corrected chi connectivity index (χ4v) is 2.31. The number of amides is 1. The van der Waals surface area contributed by atoms with Gasteiger partial charge in [-0.3, -0.25) is 4.79 Å². The van der Waals surface area contributed by atoms with E-state index in [1.54, 1.807) is 18.0 Å². The van der Waals surface area contributed by atoms with Gasteiger partial charge in [0, 0.05) is 19.6 Å². The van der Waals surface area contributed by atoms with E-state index in [1.807, 2.05) is 24.3 Å². The lowest BCUT2D eigenvalue weighted by Gasteiger charge is -2.22. The molecule has 2 atom stereocenters. The van der Waals surface area contributed by atoms with Crippen LogP contribution in [0, 0.1) is 5.92 Å². The van der Waals surface area contributed by atoms with E-state index in [1.165, 1.54) is 0 Å². The van der Waals surface area contributed by atoms with Gasteiger partial charge in [-0.2, -0.15) is 0 Å². The van der Waals surface area contributed by atoms with Gasteiger partial charge in [0.25, 0.3) is 0 Å². The molecule has 0 saturated carbocycles. The second-order valence-electron chi connectivity index (χ2n) is 5.25. The van der Waals surface area contributed by atoms with Gasteiger partial charge in [0.2, 0.25) is 5.91 Å². The highest BCUT2D eigenvalue weighted by Gasteiger charge is 2.33. The van der Waals surface area contributed by atoms with Crippen molar-refractivity contribution in [2.75, 3.05) is 26.9 Å². The van der Waals surface area contributed by atoms with Crippen molar-refractivity contribution >= 4 is 5.91 Å². The minimum atomic E-state index is -0.231. The van der Waals surface area contributed by atoms with Crippen molar-refractivity contribution in [1.29, 1.82) is 0 Å². The van der Waals surface area contributed by atoms with E-state index in [2.05, 4.69) is 6.58 Å². The largest absolute Gasteiger partial charge is 0.490 e. The summed E-state index contributed by atoms with van der Waals surface area (Å²) in [7, 11) is 1.79. The predicted octanol–water partition coefficient (Wildman–Crippen LogP) is 1.18. The Bertz CT molecular complexity index is 487. The molecule has 1 aromatic rings. The van der Waals surface area contributed by atoms with Crippen LogP contribution >= 0.6 is 0 Å². The molecular weight excluding hydrogens is 268 g/mol. The average Bonchev–Trinajstić information content (AvgIpc) is 2.92.